The third kappa shape index (κ3) is 5.57. The van der Waals surface area contributed by atoms with Crippen LogP contribution in [0.4, 0.5) is 11.4 Å². The number of ether oxygens (including phenoxy) is 1. The number of amides is 2. The molecular formula is C24H30N4O5S. The van der Waals surface area contributed by atoms with E-state index in [0.29, 0.717) is 50.5 Å². The number of rotatable bonds is 7. The van der Waals surface area contributed by atoms with Gasteiger partial charge in [0, 0.05) is 37.8 Å². The number of morpholine rings is 1. The van der Waals surface area contributed by atoms with Crippen LogP contribution in [-0.2, 0) is 30.8 Å². The summed E-state index contributed by atoms with van der Waals surface area (Å²) in [7, 11) is -3.82. The molecule has 4 rings (SSSR count). The first kappa shape index (κ1) is 24.2. The van der Waals surface area contributed by atoms with E-state index in [1.807, 2.05) is 35.2 Å². The number of hydrogen-bond acceptors (Lipinski definition) is 6. The van der Waals surface area contributed by atoms with Crippen LogP contribution >= 0.6 is 0 Å². The Bertz CT molecular complexity index is 1130. The fraction of sp³-hybridized carbons (Fsp3) is 0.417. The molecule has 9 nitrogen and oxygen atoms in total. The smallest absolute Gasteiger partial charge is 0.245 e. The van der Waals surface area contributed by atoms with E-state index in [1.165, 1.54) is 10.4 Å². The highest BCUT2D eigenvalue weighted by Crippen LogP contribution is 2.33. The van der Waals surface area contributed by atoms with Crippen LogP contribution in [-0.4, -0.2) is 63.9 Å². The average Bonchev–Trinajstić information content (AvgIpc) is 2.85. The van der Waals surface area contributed by atoms with Crippen LogP contribution in [0.1, 0.15) is 18.4 Å². The van der Waals surface area contributed by atoms with Gasteiger partial charge in [-0.3, -0.25) is 9.59 Å². The lowest BCUT2D eigenvalue weighted by atomic mass is 9.96. The van der Waals surface area contributed by atoms with Crippen LogP contribution < -0.4 is 16.0 Å². The van der Waals surface area contributed by atoms with Crippen LogP contribution in [0.5, 0.6) is 0 Å². The van der Waals surface area contributed by atoms with E-state index in [1.54, 1.807) is 12.1 Å². The molecule has 0 atom stereocenters. The van der Waals surface area contributed by atoms with E-state index in [9.17, 15) is 18.0 Å². The molecule has 10 heteroatoms. The summed E-state index contributed by atoms with van der Waals surface area (Å²) in [6, 6.07) is 14.3. The first-order valence-electron chi connectivity index (χ1n) is 11.4. The molecule has 3 N–H and O–H groups in total. The Kier molecular flexibility index (Phi) is 7.50. The number of primary amides is 1. The molecule has 0 unspecified atom stereocenters. The number of nitrogens with two attached hydrogens (primary N) is 1. The highest BCUT2D eigenvalue weighted by atomic mass is 32.2. The molecular weight excluding hydrogens is 456 g/mol. The topological polar surface area (TPSA) is 122 Å². The molecule has 0 bridgehead atoms. The third-order valence-electron chi connectivity index (χ3n) is 6.28. The van der Waals surface area contributed by atoms with Crippen molar-refractivity contribution in [3.63, 3.8) is 0 Å². The van der Waals surface area contributed by atoms with Crippen molar-refractivity contribution in [1.82, 2.24) is 4.31 Å². The predicted octanol–water partition coefficient (Wildman–Crippen LogP) is 1.59. The van der Waals surface area contributed by atoms with Crippen molar-refractivity contribution in [3.8, 4) is 0 Å². The summed E-state index contributed by atoms with van der Waals surface area (Å²) in [5, 5.41) is 2.83. The molecule has 182 valence electrons. The Morgan fingerprint density at radius 2 is 1.68 bits per heavy atom. The van der Waals surface area contributed by atoms with E-state index in [4.69, 9.17) is 10.5 Å². The summed E-state index contributed by atoms with van der Waals surface area (Å²) >= 11 is 0. The van der Waals surface area contributed by atoms with Crippen molar-refractivity contribution in [3.05, 3.63) is 54.1 Å². The summed E-state index contributed by atoms with van der Waals surface area (Å²) < 4.78 is 34.0. The number of carbonyl (C=O) groups is 2. The van der Waals surface area contributed by atoms with Gasteiger partial charge in [0.1, 0.15) is 4.90 Å². The van der Waals surface area contributed by atoms with Crippen molar-refractivity contribution in [2.75, 3.05) is 49.6 Å². The Balaban J connectivity index is 1.61. The second-order valence-electron chi connectivity index (χ2n) is 8.57. The minimum atomic E-state index is -3.82. The maximum atomic E-state index is 13.6. The highest BCUT2D eigenvalue weighted by Gasteiger charge is 2.32. The van der Waals surface area contributed by atoms with E-state index in [0.717, 1.165) is 5.56 Å². The molecule has 0 saturated carbocycles. The first-order valence-corrected chi connectivity index (χ1v) is 12.9. The van der Waals surface area contributed by atoms with Gasteiger partial charge in [0.2, 0.25) is 21.8 Å². The zero-order chi connectivity index (χ0) is 24.1. The molecule has 34 heavy (non-hydrogen) atoms. The largest absolute Gasteiger partial charge is 0.379 e. The molecule has 2 fully saturated rings. The van der Waals surface area contributed by atoms with Gasteiger partial charge in [-0.1, -0.05) is 30.3 Å². The SMILES string of the molecule is NC(=O)C1CCN(c2ccc(NC(=O)Cc3ccccc3)cc2S(=O)(=O)N2CCOCC2)CC1. The minimum absolute atomic E-state index is 0.143. The summed E-state index contributed by atoms with van der Waals surface area (Å²) in [6.45, 7) is 2.28. The Morgan fingerprint density at radius 1 is 1.00 bits per heavy atom. The molecule has 2 aromatic carbocycles. The van der Waals surface area contributed by atoms with Crippen LogP contribution in [0.15, 0.2) is 53.4 Å². The number of piperidine rings is 1. The Hall–Kier alpha value is -2.95. The lowest BCUT2D eigenvalue weighted by Gasteiger charge is -2.35. The summed E-state index contributed by atoms with van der Waals surface area (Å²) in [6.07, 6.45) is 1.33. The Labute approximate surface area is 199 Å². The van der Waals surface area contributed by atoms with Crippen molar-refractivity contribution in [2.45, 2.75) is 24.2 Å². The van der Waals surface area contributed by atoms with Crippen molar-refractivity contribution >= 4 is 33.2 Å². The minimum Gasteiger partial charge on any atom is -0.379 e. The zero-order valence-electron chi connectivity index (χ0n) is 19.0. The molecule has 2 amide bonds. The second kappa shape index (κ2) is 10.5. The monoisotopic (exact) mass is 486 g/mol. The van der Waals surface area contributed by atoms with Crippen LogP contribution in [0.3, 0.4) is 0 Å². The maximum absolute atomic E-state index is 13.6. The van der Waals surface area contributed by atoms with Gasteiger partial charge in [-0.15, -0.1) is 0 Å². The second-order valence-corrected chi connectivity index (χ2v) is 10.5. The van der Waals surface area contributed by atoms with Crippen molar-refractivity contribution < 1.29 is 22.7 Å². The van der Waals surface area contributed by atoms with E-state index in [2.05, 4.69) is 5.32 Å². The number of sulfonamides is 1. The van der Waals surface area contributed by atoms with Gasteiger partial charge in [0.15, 0.2) is 0 Å². The molecule has 2 saturated heterocycles. The van der Waals surface area contributed by atoms with Crippen LogP contribution in [0.25, 0.3) is 0 Å². The molecule has 0 radical (unpaired) electrons. The molecule has 2 aromatic rings. The lowest BCUT2D eigenvalue weighted by Crippen LogP contribution is -2.42. The molecule has 2 heterocycles. The van der Waals surface area contributed by atoms with Crippen LogP contribution in [0, 0.1) is 5.92 Å². The number of carbonyl (C=O) groups excluding carboxylic acids is 2. The van der Waals surface area contributed by atoms with Gasteiger partial charge >= 0.3 is 0 Å². The molecule has 0 aromatic heterocycles. The molecule has 2 aliphatic heterocycles. The van der Waals surface area contributed by atoms with E-state index >= 15 is 0 Å². The van der Waals surface area contributed by atoms with Gasteiger partial charge < -0.3 is 20.7 Å². The first-order chi connectivity index (χ1) is 16.3. The predicted molar refractivity (Wildman–Crippen MR) is 129 cm³/mol. The standard InChI is InChI=1S/C24H30N4O5S/c25-24(30)19-8-10-27(11-9-19)21-7-6-20(26-23(29)16-18-4-2-1-3-5-18)17-22(21)34(31,32)28-12-14-33-15-13-28/h1-7,17,19H,8-16H2,(H2,25,30)(H,26,29). The molecule has 0 spiro atoms. The van der Waals surface area contributed by atoms with Crippen molar-refractivity contribution in [2.24, 2.45) is 11.7 Å². The third-order valence-corrected chi connectivity index (χ3v) is 8.20. The Morgan fingerprint density at radius 3 is 2.32 bits per heavy atom. The quantitative estimate of drug-likeness (QED) is 0.613. The summed E-state index contributed by atoms with van der Waals surface area (Å²) in [5.74, 6) is -0.750. The van der Waals surface area contributed by atoms with E-state index in [-0.39, 0.29) is 42.1 Å². The zero-order valence-corrected chi connectivity index (χ0v) is 19.8. The number of nitrogens with zero attached hydrogens (tertiary/aromatic N) is 2. The molecule has 2 aliphatic rings. The van der Waals surface area contributed by atoms with Gasteiger partial charge in [-0.2, -0.15) is 4.31 Å². The van der Waals surface area contributed by atoms with Gasteiger partial charge in [-0.05, 0) is 36.6 Å². The fourth-order valence-electron chi connectivity index (χ4n) is 4.38. The number of nitrogens with one attached hydrogen (secondary N) is 1. The number of anilines is 2. The number of hydrogen-bond donors (Lipinski definition) is 2. The normalized spacial score (nSPS) is 17.9. The van der Waals surface area contributed by atoms with Crippen LogP contribution in [0.2, 0.25) is 0 Å². The fourth-order valence-corrected chi connectivity index (χ4v) is 6.02. The van der Waals surface area contributed by atoms with Gasteiger partial charge in [0.05, 0.1) is 25.3 Å². The van der Waals surface area contributed by atoms with Gasteiger partial charge in [0.25, 0.3) is 0 Å². The average molecular weight is 487 g/mol. The lowest BCUT2D eigenvalue weighted by molar-refractivity contribution is -0.122. The maximum Gasteiger partial charge on any atom is 0.245 e. The highest BCUT2D eigenvalue weighted by molar-refractivity contribution is 7.89. The summed E-state index contributed by atoms with van der Waals surface area (Å²) in [4.78, 5) is 26.3. The van der Waals surface area contributed by atoms with Crippen molar-refractivity contribution in [1.29, 1.82) is 0 Å². The molecule has 0 aliphatic carbocycles. The summed E-state index contributed by atoms with van der Waals surface area (Å²) in [5.41, 5.74) is 7.31. The van der Waals surface area contributed by atoms with E-state index < -0.39 is 10.0 Å². The number of benzene rings is 2. The van der Waals surface area contributed by atoms with Gasteiger partial charge in [-0.25, -0.2) is 8.42 Å².